The van der Waals surface area contributed by atoms with Crippen molar-refractivity contribution in [3.05, 3.63) is 64.9 Å². The number of hydrogen-bond donors (Lipinski definition) is 2. The highest BCUT2D eigenvalue weighted by Gasteiger charge is 2.39. The van der Waals surface area contributed by atoms with E-state index in [0.29, 0.717) is 16.3 Å². The lowest BCUT2D eigenvalue weighted by Crippen LogP contribution is -2.36. The molecule has 0 aliphatic carbocycles. The van der Waals surface area contributed by atoms with Crippen molar-refractivity contribution in [3.8, 4) is 0 Å². The van der Waals surface area contributed by atoms with Crippen molar-refractivity contribution in [2.24, 2.45) is 0 Å². The van der Waals surface area contributed by atoms with Gasteiger partial charge in [-0.2, -0.15) is 0 Å². The molecule has 2 aromatic rings. The molecule has 1 aromatic heterocycles. The molecule has 1 saturated heterocycles. The summed E-state index contributed by atoms with van der Waals surface area (Å²) < 4.78 is 0. The van der Waals surface area contributed by atoms with Crippen LogP contribution in [0.5, 0.6) is 0 Å². The van der Waals surface area contributed by atoms with Gasteiger partial charge < -0.3 is 10.6 Å². The molecule has 134 valence electrons. The molecule has 1 aliphatic heterocycles. The average Bonchev–Trinajstić information content (AvgIpc) is 2.90. The van der Waals surface area contributed by atoms with Gasteiger partial charge >= 0.3 is 6.03 Å². The summed E-state index contributed by atoms with van der Waals surface area (Å²) in [6, 6.07) is 11.0. The van der Waals surface area contributed by atoms with Gasteiger partial charge in [0.25, 0.3) is 5.91 Å². The SMILES string of the molecule is O=C(CC1NC(=O)N(Cc2ccccc2Cl)C1=O)NCc1ccccn1. The van der Waals surface area contributed by atoms with Gasteiger partial charge in [-0.3, -0.25) is 19.5 Å². The Labute approximate surface area is 155 Å². The molecule has 7 nitrogen and oxygen atoms in total. The van der Waals surface area contributed by atoms with Gasteiger partial charge in [-0.1, -0.05) is 35.9 Å². The van der Waals surface area contributed by atoms with E-state index in [0.717, 1.165) is 4.90 Å². The van der Waals surface area contributed by atoms with Crippen LogP contribution in [0.2, 0.25) is 5.02 Å². The van der Waals surface area contributed by atoms with Crippen LogP contribution in [0.25, 0.3) is 0 Å². The van der Waals surface area contributed by atoms with E-state index in [1.165, 1.54) is 0 Å². The smallest absolute Gasteiger partial charge is 0.325 e. The van der Waals surface area contributed by atoms with Gasteiger partial charge in [0.1, 0.15) is 6.04 Å². The summed E-state index contributed by atoms with van der Waals surface area (Å²) in [4.78, 5) is 41.8. The van der Waals surface area contributed by atoms with Crippen molar-refractivity contribution >= 4 is 29.4 Å². The lowest BCUT2D eigenvalue weighted by atomic mass is 10.1. The van der Waals surface area contributed by atoms with Crippen LogP contribution in [0.3, 0.4) is 0 Å². The molecule has 1 fully saturated rings. The predicted molar refractivity (Wildman–Crippen MR) is 95.0 cm³/mol. The second-order valence-corrected chi connectivity index (χ2v) is 6.23. The summed E-state index contributed by atoms with van der Waals surface area (Å²) in [5.74, 6) is -0.781. The number of carbonyl (C=O) groups is 3. The average molecular weight is 373 g/mol. The number of nitrogens with one attached hydrogen (secondary N) is 2. The highest BCUT2D eigenvalue weighted by Crippen LogP contribution is 2.20. The number of nitrogens with zero attached hydrogens (tertiary/aromatic N) is 2. The van der Waals surface area contributed by atoms with Crippen molar-refractivity contribution in [3.63, 3.8) is 0 Å². The number of urea groups is 1. The maximum atomic E-state index is 12.4. The van der Waals surface area contributed by atoms with E-state index in [9.17, 15) is 14.4 Å². The Morgan fingerprint density at radius 3 is 2.69 bits per heavy atom. The maximum absolute atomic E-state index is 12.4. The quantitative estimate of drug-likeness (QED) is 0.757. The molecule has 1 aliphatic rings. The lowest BCUT2D eigenvalue weighted by Gasteiger charge is -2.14. The Hall–Kier alpha value is -2.93. The summed E-state index contributed by atoms with van der Waals surface area (Å²) in [7, 11) is 0. The van der Waals surface area contributed by atoms with Gasteiger partial charge in [-0.05, 0) is 23.8 Å². The Kier molecular flexibility index (Phi) is 5.48. The molecule has 4 amide bonds. The second kappa shape index (κ2) is 7.97. The molecule has 2 N–H and O–H groups in total. The molecule has 1 atom stereocenters. The zero-order valence-electron chi connectivity index (χ0n) is 13.8. The van der Waals surface area contributed by atoms with Crippen LogP contribution in [0, 0.1) is 0 Å². The number of carbonyl (C=O) groups excluding carboxylic acids is 3. The fraction of sp³-hybridized carbons (Fsp3) is 0.222. The monoisotopic (exact) mass is 372 g/mol. The lowest BCUT2D eigenvalue weighted by molar-refractivity contribution is -0.131. The Morgan fingerprint density at radius 2 is 1.96 bits per heavy atom. The third-order valence-electron chi connectivity index (χ3n) is 3.98. The fourth-order valence-corrected chi connectivity index (χ4v) is 2.81. The molecule has 1 unspecified atom stereocenters. The number of amides is 4. The molecule has 0 radical (unpaired) electrons. The molecular weight excluding hydrogens is 356 g/mol. The third kappa shape index (κ3) is 4.18. The van der Waals surface area contributed by atoms with Crippen LogP contribution < -0.4 is 10.6 Å². The summed E-state index contributed by atoms with van der Waals surface area (Å²) >= 11 is 6.08. The van der Waals surface area contributed by atoms with E-state index in [2.05, 4.69) is 15.6 Å². The van der Waals surface area contributed by atoms with Crippen molar-refractivity contribution in [1.82, 2.24) is 20.5 Å². The minimum atomic E-state index is -0.881. The molecule has 8 heteroatoms. The molecule has 0 saturated carbocycles. The summed E-state index contributed by atoms with van der Waals surface area (Å²) in [6.07, 6.45) is 1.51. The normalized spacial score (nSPS) is 16.5. The van der Waals surface area contributed by atoms with E-state index >= 15 is 0 Å². The number of hydrogen-bond acceptors (Lipinski definition) is 4. The third-order valence-corrected chi connectivity index (χ3v) is 4.34. The summed E-state index contributed by atoms with van der Waals surface area (Å²) in [5.41, 5.74) is 1.38. The first-order valence-corrected chi connectivity index (χ1v) is 8.44. The zero-order valence-corrected chi connectivity index (χ0v) is 14.6. The summed E-state index contributed by atoms with van der Waals surface area (Å²) in [6.45, 7) is 0.328. The van der Waals surface area contributed by atoms with E-state index in [4.69, 9.17) is 11.6 Å². The Morgan fingerprint density at radius 1 is 1.19 bits per heavy atom. The topological polar surface area (TPSA) is 91.4 Å². The predicted octanol–water partition coefficient (Wildman–Crippen LogP) is 1.86. The zero-order chi connectivity index (χ0) is 18.5. The van der Waals surface area contributed by atoms with Crippen LogP contribution in [0.1, 0.15) is 17.7 Å². The maximum Gasteiger partial charge on any atom is 0.325 e. The highest BCUT2D eigenvalue weighted by atomic mass is 35.5. The van der Waals surface area contributed by atoms with Gasteiger partial charge in [0.2, 0.25) is 5.91 Å². The number of rotatable bonds is 6. The minimum Gasteiger partial charge on any atom is -0.350 e. The standard InChI is InChI=1S/C18H17ClN4O3/c19-14-7-2-1-5-12(14)11-23-17(25)15(22-18(23)26)9-16(24)21-10-13-6-3-4-8-20-13/h1-8,15H,9-11H2,(H,21,24)(H,22,26). The van der Waals surface area contributed by atoms with E-state index in [-0.39, 0.29) is 25.4 Å². The number of halogens is 1. The summed E-state index contributed by atoms with van der Waals surface area (Å²) in [5, 5.41) is 5.71. The first-order valence-electron chi connectivity index (χ1n) is 8.06. The second-order valence-electron chi connectivity index (χ2n) is 5.82. The van der Waals surface area contributed by atoms with Gasteiger partial charge in [0.15, 0.2) is 0 Å². The first kappa shape index (κ1) is 17.9. The van der Waals surface area contributed by atoms with Crippen LogP contribution in [-0.4, -0.2) is 33.8 Å². The Bertz CT molecular complexity index is 828. The number of imide groups is 1. The van der Waals surface area contributed by atoms with Gasteiger partial charge in [-0.25, -0.2) is 4.79 Å². The van der Waals surface area contributed by atoms with Gasteiger partial charge in [0, 0.05) is 11.2 Å². The van der Waals surface area contributed by atoms with Gasteiger partial charge in [0.05, 0.1) is 25.2 Å². The molecule has 0 bridgehead atoms. The molecule has 0 spiro atoms. The number of benzene rings is 1. The van der Waals surface area contributed by atoms with Gasteiger partial charge in [-0.15, -0.1) is 0 Å². The molecule has 2 heterocycles. The van der Waals surface area contributed by atoms with Crippen molar-refractivity contribution < 1.29 is 14.4 Å². The molecule has 1 aromatic carbocycles. The minimum absolute atomic E-state index is 0.0659. The molecular formula is C18H17ClN4O3. The Balaban J connectivity index is 1.56. The van der Waals surface area contributed by atoms with E-state index in [1.54, 1.807) is 42.6 Å². The van der Waals surface area contributed by atoms with E-state index in [1.807, 2.05) is 6.07 Å². The van der Waals surface area contributed by atoms with Crippen molar-refractivity contribution in [2.75, 3.05) is 0 Å². The molecule has 26 heavy (non-hydrogen) atoms. The number of pyridine rings is 1. The van der Waals surface area contributed by atoms with Crippen LogP contribution in [0.4, 0.5) is 4.79 Å². The highest BCUT2D eigenvalue weighted by molar-refractivity contribution is 6.31. The fourth-order valence-electron chi connectivity index (χ4n) is 2.61. The van der Waals surface area contributed by atoms with Crippen molar-refractivity contribution in [1.29, 1.82) is 0 Å². The van der Waals surface area contributed by atoms with E-state index < -0.39 is 18.0 Å². The first-order chi connectivity index (χ1) is 12.5. The van der Waals surface area contributed by atoms with Crippen LogP contribution in [0.15, 0.2) is 48.7 Å². The largest absolute Gasteiger partial charge is 0.350 e. The molecule has 3 rings (SSSR count). The number of aromatic nitrogens is 1. The van der Waals surface area contributed by atoms with Crippen LogP contribution >= 0.6 is 11.6 Å². The van der Waals surface area contributed by atoms with Crippen molar-refractivity contribution in [2.45, 2.75) is 25.6 Å². The van der Waals surface area contributed by atoms with Crippen LogP contribution in [-0.2, 0) is 22.7 Å².